The van der Waals surface area contributed by atoms with E-state index >= 15 is 0 Å². The fourth-order valence-electron chi connectivity index (χ4n) is 2.87. The van der Waals surface area contributed by atoms with Crippen LogP contribution < -0.4 is 3.58 Å². The molecule has 0 heterocycles. The van der Waals surface area contributed by atoms with Gasteiger partial charge in [0.2, 0.25) is 0 Å². The molecule has 0 unspecified atom stereocenters. The van der Waals surface area contributed by atoms with E-state index in [-0.39, 0.29) is 0 Å². The minimum atomic E-state index is -3.44. The monoisotopic (exact) mass is 641 g/mol. The zero-order valence-electron chi connectivity index (χ0n) is 19.4. The third-order valence-electron chi connectivity index (χ3n) is 4.86. The SMILES string of the molecule is CCN(CC)C(=S)[S][Sn]([S]C(=S)N(CC)CC)([S]C(=S)N(CC)CC)[c]1ccccc1. The van der Waals surface area contributed by atoms with E-state index in [0.717, 1.165) is 52.2 Å². The fourth-order valence-corrected chi connectivity index (χ4v) is 49.7. The van der Waals surface area contributed by atoms with Crippen molar-refractivity contribution in [3.8, 4) is 0 Å². The Hall–Kier alpha value is 0.739. The molecule has 0 aromatic heterocycles. The molecule has 0 atom stereocenters. The van der Waals surface area contributed by atoms with Crippen LogP contribution >= 0.6 is 63.5 Å². The van der Waals surface area contributed by atoms with Gasteiger partial charge < -0.3 is 0 Å². The molecule has 0 bridgehead atoms. The molecule has 174 valence electrons. The summed E-state index contributed by atoms with van der Waals surface area (Å²) in [5, 5.41) is 0. The van der Waals surface area contributed by atoms with E-state index < -0.39 is 14.2 Å². The fraction of sp³-hybridized carbons (Fsp3) is 0.571. The van der Waals surface area contributed by atoms with Crippen LogP contribution in [-0.2, 0) is 0 Å². The molecule has 0 amide bonds. The number of hydrogen-bond donors (Lipinski definition) is 0. The second-order valence-electron chi connectivity index (χ2n) is 6.54. The maximum absolute atomic E-state index is 5.97. The number of rotatable bonds is 10. The molecule has 0 saturated carbocycles. The molecule has 0 saturated heterocycles. The van der Waals surface area contributed by atoms with Crippen molar-refractivity contribution in [2.24, 2.45) is 0 Å². The molecule has 3 nitrogen and oxygen atoms in total. The van der Waals surface area contributed by atoms with Gasteiger partial charge in [0.05, 0.1) is 0 Å². The Morgan fingerprint density at radius 2 is 0.903 bits per heavy atom. The minimum absolute atomic E-state index is 0.912. The summed E-state index contributed by atoms with van der Waals surface area (Å²) in [6, 6.07) is 10.8. The summed E-state index contributed by atoms with van der Waals surface area (Å²) in [5.74, 6) is 0. The van der Waals surface area contributed by atoms with Crippen molar-refractivity contribution in [2.45, 2.75) is 41.5 Å². The van der Waals surface area contributed by atoms with E-state index in [0.29, 0.717) is 0 Å². The number of thiocarbonyl (C=S) groups is 3. The molecule has 1 rings (SSSR count). The average molecular weight is 641 g/mol. The molecule has 0 aliphatic carbocycles. The van der Waals surface area contributed by atoms with Gasteiger partial charge >= 0.3 is 220 Å². The van der Waals surface area contributed by atoms with Gasteiger partial charge in [0.15, 0.2) is 0 Å². The van der Waals surface area contributed by atoms with Gasteiger partial charge in [-0.25, -0.2) is 0 Å². The standard InChI is InChI=1S/C6H5.3C5H11NS2.Sn/c1-2-4-6-5-3-1;3*1-3-6(4-2)5(7)8;/h1-5H;3*3-4H2,1-2H3,(H,7,8);/q;;;;+3/p-3. The first-order valence-electron chi connectivity index (χ1n) is 10.8. The van der Waals surface area contributed by atoms with Gasteiger partial charge in [0.25, 0.3) is 0 Å². The second kappa shape index (κ2) is 15.6. The number of nitrogens with zero attached hydrogens (tertiary/aromatic N) is 3. The average Bonchev–Trinajstić information content (AvgIpc) is 2.76. The zero-order chi connectivity index (χ0) is 23.4. The Kier molecular flexibility index (Phi) is 15.0. The Morgan fingerprint density at radius 3 is 1.16 bits per heavy atom. The second-order valence-corrected chi connectivity index (χ2v) is 37.8. The van der Waals surface area contributed by atoms with Gasteiger partial charge in [-0.05, 0) is 0 Å². The van der Waals surface area contributed by atoms with Crippen LogP contribution in [0.2, 0.25) is 0 Å². The Labute approximate surface area is 218 Å². The first-order valence-corrected chi connectivity index (χ1v) is 26.4. The molecule has 0 spiro atoms. The van der Waals surface area contributed by atoms with Crippen LogP contribution in [0.5, 0.6) is 0 Å². The molecular weight excluding hydrogens is 605 g/mol. The first kappa shape index (κ1) is 29.8. The van der Waals surface area contributed by atoms with Gasteiger partial charge in [0.1, 0.15) is 0 Å². The van der Waals surface area contributed by atoms with Gasteiger partial charge in [-0.2, -0.15) is 0 Å². The molecule has 0 aliphatic rings. The Morgan fingerprint density at radius 1 is 0.613 bits per heavy atom. The third-order valence-corrected chi connectivity index (χ3v) is 41.9. The summed E-state index contributed by atoms with van der Waals surface area (Å²) in [6.45, 7) is 18.5. The topological polar surface area (TPSA) is 9.72 Å². The molecule has 0 N–H and O–H groups in total. The van der Waals surface area contributed by atoms with Gasteiger partial charge in [-0.3, -0.25) is 0 Å². The third kappa shape index (κ3) is 8.79. The van der Waals surface area contributed by atoms with Crippen LogP contribution in [0.15, 0.2) is 30.3 Å². The Bertz CT molecular complexity index is 642. The molecule has 31 heavy (non-hydrogen) atoms. The summed E-state index contributed by atoms with van der Waals surface area (Å²) in [5.41, 5.74) is 0. The van der Waals surface area contributed by atoms with Crippen molar-refractivity contribution in [2.75, 3.05) is 39.3 Å². The summed E-state index contributed by atoms with van der Waals surface area (Å²) in [4.78, 5) is 6.82. The van der Waals surface area contributed by atoms with Crippen molar-refractivity contribution in [1.82, 2.24) is 14.7 Å². The van der Waals surface area contributed by atoms with E-state index in [2.05, 4.69) is 86.6 Å². The predicted octanol–water partition coefficient (Wildman–Crippen LogP) is 5.91. The van der Waals surface area contributed by atoms with Crippen molar-refractivity contribution in [3.05, 3.63) is 30.3 Å². The maximum atomic E-state index is 5.97. The predicted molar refractivity (Wildman–Crippen MR) is 161 cm³/mol. The van der Waals surface area contributed by atoms with Crippen LogP contribution in [0.4, 0.5) is 0 Å². The summed E-state index contributed by atoms with van der Waals surface area (Å²) >= 11 is 14.5. The van der Waals surface area contributed by atoms with Crippen molar-refractivity contribution < 1.29 is 0 Å². The van der Waals surface area contributed by atoms with Crippen LogP contribution in [0.3, 0.4) is 0 Å². The van der Waals surface area contributed by atoms with Gasteiger partial charge in [-0.1, -0.05) is 0 Å². The molecule has 0 radical (unpaired) electrons. The summed E-state index contributed by atoms with van der Waals surface area (Å²) < 4.78 is 4.27. The molecule has 0 fully saturated rings. The molecule has 1 aromatic rings. The van der Waals surface area contributed by atoms with Crippen LogP contribution in [0.1, 0.15) is 41.5 Å². The van der Waals surface area contributed by atoms with Crippen LogP contribution in [0.25, 0.3) is 0 Å². The van der Waals surface area contributed by atoms with E-state index in [1.807, 2.05) is 26.8 Å². The van der Waals surface area contributed by atoms with Gasteiger partial charge in [-0.15, -0.1) is 0 Å². The quantitative estimate of drug-likeness (QED) is 0.226. The molecule has 0 aliphatic heterocycles. The molecule has 10 heteroatoms. The van der Waals surface area contributed by atoms with E-state index in [9.17, 15) is 0 Å². The first-order chi connectivity index (χ1) is 14.8. The van der Waals surface area contributed by atoms with Crippen molar-refractivity contribution in [1.29, 1.82) is 0 Å². The molecular formula is C21H35N3S6Sn. The van der Waals surface area contributed by atoms with Crippen molar-refractivity contribution in [3.63, 3.8) is 0 Å². The van der Waals surface area contributed by atoms with Gasteiger partial charge in [0, 0.05) is 0 Å². The normalized spacial score (nSPS) is 11.2. The van der Waals surface area contributed by atoms with E-state index in [1.54, 1.807) is 0 Å². The van der Waals surface area contributed by atoms with Crippen LogP contribution in [0, 0.1) is 0 Å². The van der Waals surface area contributed by atoms with Crippen LogP contribution in [-0.4, -0.2) is 81.2 Å². The van der Waals surface area contributed by atoms with Crippen molar-refractivity contribution >= 4 is 94.3 Å². The summed E-state index contributed by atoms with van der Waals surface area (Å²) in [7, 11) is 5.70. The van der Waals surface area contributed by atoms with E-state index in [4.69, 9.17) is 36.7 Å². The zero-order valence-corrected chi connectivity index (χ0v) is 27.2. The van der Waals surface area contributed by atoms with E-state index in [1.165, 1.54) is 3.58 Å². The number of hydrogen-bond acceptors (Lipinski definition) is 6. The number of benzene rings is 1. The Balaban J connectivity index is 3.52. The molecule has 1 aromatic carbocycles. The summed E-state index contributed by atoms with van der Waals surface area (Å²) in [6.07, 6.45) is 0.